The minimum Gasteiger partial charge on any atom is -0.394 e. The Labute approximate surface area is 114 Å². The minimum absolute atomic E-state index is 0.0275. The third kappa shape index (κ3) is 3.91. The van der Waals surface area contributed by atoms with E-state index in [1.165, 1.54) is 6.42 Å². The Balaban J connectivity index is 1.88. The third-order valence-electron chi connectivity index (χ3n) is 4.52. The molecule has 1 amide bonds. The van der Waals surface area contributed by atoms with Crippen LogP contribution >= 0.6 is 0 Å². The molecule has 2 fully saturated rings. The summed E-state index contributed by atoms with van der Waals surface area (Å²) in [6, 6.07) is 0. The summed E-state index contributed by atoms with van der Waals surface area (Å²) in [6.45, 7) is 1.16. The number of hydrogen-bond donors (Lipinski definition) is 3. The second kappa shape index (κ2) is 6.20. The molecule has 0 atom stereocenters. The molecule has 0 unspecified atom stereocenters. The fourth-order valence-electron chi connectivity index (χ4n) is 3.18. The first-order valence-corrected chi connectivity index (χ1v) is 7.36. The first kappa shape index (κ1) is 14.8. The molecule has 1 saturated carbocycles. The summed E-state index contributed by atoms with van der Waals surface area (Å²) in [4.78, 5) is 12.2. The van der Waals surface area contributed by atoms with Crippen LogP contribution in [0.4, 0.5) is 0 Å². The minimum atomic E-state index is -0.500. The van der Waals surface area contributed by atoms with Crippen molar-refractivity contribution in [3.8, 4) is 0 Å². The van der Waals surface area contributed by atoms with Crippen LogP contribution in [-0.2, 0) is 9.53 Å². The quantitative estimate of drug-likeness (QED) is 0.702. The maximum Gasteiger partial charge on any atom is 0.222 e. The summed E-state index contributed by atoms with van der Waals surface area (Å²) in [7, 11) is 0. The van der Waals surface area contributed by atoms with Gasteiger partial charge in [0.05, 0.1) is 12.1 Å². The molecule has 1 saturated heterocycles. The van der Waals surface area contributed by atoms with E-state index in [2.05, 4.69) is 5.32 Å². The lowest BCUT2D eigenvalue weighted by Crippen LogP contribution is -2.56. The van der Waals surface area contributed by atoms with Crippen LogP contribution in [0.2, 0.25) is 0 Å². The van der Waals surface area contributed by atoms with Gasteiger partial charge in [0.2, 0.25) is 5.91 Å². The molecule has 1 aliphatic carbocycles. The van der Waals surface area contributed by atoms with Crippen LogP contribution in [-0.4, -0.2) is 41.9 Å². The first-order chi connectivity index (χ1) is 9.08. The molecule has 4 N–H and O–H groups in total. The van der Waals surface area contributed by atoms with Gasteiger partial charge < -0.3 is 20.9 Å². The van der Waals surface area contributed by atoms with Crippen LogP contribution in [0.3, 0.4) is 0 Å². The molecule has 1 heterocycles. The van der Waals surface area contributed by atoms with Crippen LogP contribution in [0.25, 0.3) is 0 Å². The molecule has 5 heteroatoms. The number of ether oxygens (including phenoxy) is 1. The molecule has 0 radical (unpaired) electrons. The number of carbonyl (C=O) groups excluding carboxylic acids is 1. The molecule has 1 aliphatic heterocycles. The highest BCUT2D eigenvalue weighted by molar-refractivity contribution is 5.78. The number of aliphatic hydroxyl groups is 1. The lowest BCUT2D eigenvalue weighted by molar-refractivity contribution is -0.126. The molecule has 2 rings (SSSR count). The summed E-state index contributed by atoms with van der Waals surface area (Å²) < 4.78 is 5.29. The average Bonchev–Trinajstić information content (AvgIpc) is 2.39. The molecular weight excluding hydrogens is 244 g/mol. The monoisotopic (exact) mass is 270 g/mol. The second-order valence-corrected chi connectivity index (χ2v) is 6.20. The largest absolute Gasteiger partial charge is 0.394 e. The zero-order valence-corrected chi connectivity index (χ0v) is 11.6. The normalized spacial score (nSPS) is 25.8. The summed E-state index contributed by atoms with van der Waals surface area (Å²) in [6.07, 6.45) is 7.02. The highest BCUT2D eigenvalue weighted by atomic mass is 16.5. The van der Waals surface area contributed by atoms with Crippen LogP contribution in [0.1, 0.15) is 51.4 Å². The average molecular weight is 270 g/mol. The van der Waals surface area contributed by atoms with Gasteiger partial charge in [0.15, 0.2) is 0 Å². The van der Waals surface area contributed by atoms with E-state index < -0.39 is 5.54 Å². The molecule has 5 nitrogen and oxygen atoms in total. The Morgan fingerprint density at radius 1 is 1.16 bits per heavy atom. The Kier molecular flexibility index (Phi) is 4.81. The molecule has 0 spiro atoms. The van der Waals surface area contributed by atoms with Gasteiger partial charge in [0.25, 0.3) is 0 Å². The fourth-order valence-corrected chi connectivity index (χ4v) is 3.18. The standard InChI is InChI=1S/C14H26N2O3/c15-13(4-2-1-3-5-13)10-12(18)16-14(11-17)6-8-19-9-7-14/h17H,1-11,15H2,(H,16,18). The first-order valence-electron chi connectivity index (χ1n) is 7.36. The highest BCUT2D eigenvalue weighted by Crippen LogP contribution is 2.29. The van der Waals surface area contributed by atoms with Gasteiger partial charge >= 0.3 is 0 Å². The van der Waals surface area contributed by atoms with Gasteiger partial charge in [0, 0.05) is 25.2 Å². The zero-order chi connectivity index (χ0) is 13.8. The number of nitrogens with one attached hydrogen (secondary N) is 1. The topological polar surface area (TPSA) is 84.6 Å². The second-order valence-electron chi connectivity index (χ2n) is 6.20. The van der Waals surface area contributed by atoms with Gasteiger partial charge in [-0.05, 0) is 25.7 Å². The van der Waals surface area contributed by atoms with Crippen molar-refractivity contribution in [3.63, 3.8) is 0 Å². The fraction of sp³-hybridized carbons (Fsp3) is 0.929. The summed E-state index contributed by atoms with van der Waals surface area (Å²) >= 11 is 0. The van der Waals surface area contributed by atoms with E-state index in [0.29, 0.717) is 32.5 Å². The van der Waals surface area contributed by atoms with Crippen molar-refractivity contribution in [2.24, 2.45) is 5.73 Å². The Morgan fingerprint density at radius 2 is 1.79 bits per heavy atom. The van der Waals surface area contributed by atoms with Crippen molar-refractivity contribution in [2.45, 2.75) is 62.4 Å². The zero-order valence-electron chi connectivity index (χ0n) is 11.6. The smallest absolute Gasteiger partial charge is 0.222 e. The van der Waals surface area contributed by atoms with Crippen molar-refractivity contribution in [1.82, 2.24) is 5.32 Å². The maximum absolute atomic E-state index is 12.2. The molecule has 2 aliphatic rings. The van der Waals surface area contributed by atoms with E-state index in [4.69, 9.17) is 10.5 Å². The highest BCUT2D eigenvalue weighted by Gasteiger charge is 2.36. The van der Waals surface area contributed by atoms with E-state index in [1.807, 2.05) is 0 Å². The van der Waals surface area contributed by atoms with Gasteiger partial charge in [-0.2, -0.15) is 0 Å². The van der Waals surface area contributed by atoms with Crippen molar-refractivity contribution in [3.05, 3.63) is 0 Å². The van der Waals surface area contributed by atoms with Gasteiger partial charge in [-0.15, -0.1) is 0 Å². The lowest BCUT2D eigenvalue weighted by Gasteiger charge is -2.38. The van der Waals surface area contributed by atoms with Crippen LogP contribution in [0.5, 0.6) is 0 Å². The summed E-state index contributed by atoms with van der Waals surface area (Å²) in [5.41, 5.74) is 5.46. The van der Waals surface area contributed by atoms with Crippen molar-refractivity contribution in [1.29, 1.82) is 0 Å². The number of rotatable bonds is 4. The van der Waals surface area contributed by atoms with E-state index in [0.717, 1.165) is 25.7 Å². The molecular formula is C14H26N2O3. The SMILES string of the molecule is NC1(CC(=O)NC2(CO)CCOCC2)CCCCC1. The third-order valence-corrected chi connectivity index (χ3v) is 4.52. The molecule has 0 aromatic rings. The maximum atomic E-state index is 12.2. The number of hydrogen-bond acceptors (Lipinski definition) is 4. The van der Waals surface area contributed by atoms with Gasteiger partial charge in [-0.25, -0.2) is 0 Å². The Morgan fingerprint density at radius 3 is 2.37 bits per heavy atom. The Hall–Kier alpha value is -0.650. The van der Waals surface area contributed by atoms with Crippen LogP contribution < -0.4 is 11.1 Å². The number of carbonyl (C=O) groups is 1. The van der Waals surface area contributed by atoms with Crippen molar-refractivity contribution < 1.29 is 14.6 Å². The number of aliphatic hydroxyl groups excluding tert-OH is 1. The van der Waals surface area contributed by atoms with E-state index in [9.17, 15) is 9.90 Å². The van der Waals surface area contributed by atoms with E-state index >= 15 is 0 Å². The molecule has 0 bridgehead atoms. The van der Waals surface area contributed by atoms with Gasteiger partial charge in [-0.1, -0.05) is 19.3 Å². The van der Waals surface area contributed by atoms with Crippen molar-refractivity contribution in [2.75, 3.05) is 19.8 Å². The molecule has 0 aromatic heterocycles. The van der Waals surface area contributed by atoms with E-state index in [-0.39, 0.29) is 18.1 Å². The van der Waals surface area contributed by atoms with E-state index in [1.54, 1.807) is 0 Å². The predicted molar refractivity (Wildman–Crippen MR) is 72.6 cm³/mol. The number of nitrogens with two attached hydrogens (primary N) is 1. The van der Waals surface area contributed by atoms with Crippen molar-refractivity contribution >= 4 is 5.91 Å². The molecule has 0 aromatic carbocycles. The van der Waals surface area contributed by atoms with Crippen LogP contribution in [0.15, 0.2) is 0 Å². The van der Waals surface area contributed by atoms with Gasteiger partial charge in [-0.3, -0.25) is 4.79 Å². The number of amides is 1. The lowest BCUT2D eigenvalue weighted by atomic mass is 9.79. The van der Waals surface area contributed by atoms with Gasteiger partial charge in [0.1, 0.15) is 0 Å². The summed E-state index contributed by atoms with van der Waals surface area (Å²) in [5, 5.41) is 12.6. The molecule has 19 heavy (non-hydrogen) atoms. The summed E-state index contributed by atoms with van der Waals surface area (Å²) in [5.74, 6) is -0.0275. The van der Waals surface area contributed by atoms with Crippen LogP contribution in [0, 0.1) is 0 Å². The Bertz CT molecular complexity index is 308. The predicted octanol–water partition coefficient (Wildman–Crippen LogP) is 0.696. The molecule has 110 valence electrons.